The highest BCUT2D eigenvalue weighted by atomic mass is 79.9. The largest absolute Gasteiger partial charge is 0.351 e. The lowest BCUT2D eigenvalue weighted by Crippen LogP contribution is -2.23. The predicted molar refractivity (Wildman–Crippen MR) is 77.5 cm³/mol. The minimum absolute atomic E-state index is 0.490. The summed E-state index contributed by atoms with van der Waals surface area (Å²) in [5.74, 6) is 0.629. The molecule has 2 aromatic heterocycles. The average Bonchev–Trinajstić information content (AvgIpc) is 2.84. The van der Waals surface area contributed by atoms with Gasteiger partial charge < -0.3 is 9.38 Å². The third kappa shape index (κ3) is 2.21. The summed E-state index contributed by atoms with van der Waals surface area (Å²) in [6.07, 6.45) is 5.24. The van der Waals surface area contributed by atoms with Crippen molar-refractivity contribution in [1.29, 1.82) is 0 Å². The van der Waals surface area contributed by atoms with Crippen LogP contribution in [-0.2, 0) is 6.54 Å². The number of nitrogens with zero attached hydrogens (tertiary/aromatic N) is 3. The van der Waals surface area contributed by atoms with Crippen LogP contribution >= 0.6 is 15.9 Å². The van der Waals surface area contributed by atoms with Gasteiger partial charge in [-0.05, 0) is 53.0 Å². The maximum absolute atomic E-state index is 5.94. The molecular weight excluding hydrogens is 289 g/mol. The standard InChI is InChI=1S/C13H15BBrN3/c1-9-4-10(8-18(9)14)7-17-3-2-11-5-13(15)16-6-12(11)17/h2-3,5-6,9-10H,4,7-8H2,1H3/t9-,10+/m1/s1. The van der Waals surface area contributed by atoms with Gasteiger partial charge in [-0.2, -0.15) is 0 Å². The van der Waals surface area contributed by atoms with Gasteiger partial charge in [-0.3, -0.25) is 0 Å². The van der Waals surface area contributed by atoms with Crippen LogP contribution < -0.4 is 0 Å². The number of hydrogen-bond acceptors (Lipinski definition) is 2. The van der Waals surface area contributed by atoms with E-state index in [1.54, 1.807) is 0 Å². The quantitative estimate of drug-likeness (QED) is 0.628. The first-order valence-corrected chi connectivity index (χ1v) is 7.04. The second kappa shape index (κ2) is 4.70. The lowest BCUT2D eigenvalue weighted by Gasteiger charge is -2.14. The summed E-state index contributed by atoms with van der Waals surface area (Å²) < 4.78 is 3.17. The van der Waals surface area contributed by atoms with Crippen LogP contribution in [0.3, 0.4) is 0 Å². The topological polar surface area (TPSA) is 21.1 Å². The lowest BCUT2D eigenvalue weighted by atomic mass is 10.1. The highest BCUT2D eigenvalue weighted by Crippen LogP contribution is 2.25. The summed E-state index contributed by atoms with van der Waals surface area (Å²) >= 11 is 3.40. The van der Waals surface area contributed by atoms with E-state index in [1.165, 1.54) is 17.3 Å². The van der Waals surface area contributed by atoms with Gasteiger partial charge in [0.25, 0.3) is 0 Å². The van der Waals surface area contributed by atoms with E-state index >= 15 is 0 Å². The molecule has 0 amide bonds. The maximum atomic E-state index is 5.94. The van der Waals surface area contributed by atoms with E-state index in [0.29, 0.717) is 12.0 Å². The van der Waals surface area contributed by atoms with E-state index in [-0.39, 0.29) is 0 Å². The van der Waals surface area contributed by atoms with Crippen molar-refractivity contribution in [1.82, 2.24) is 14.4 Å². The zero-order valence-electron chi connectivity index (χ0n) is 10.4. The molecule has 3 heterocycles. The van der Waals surface area contributed by atoms with Crippen LogP contribution in [0.1, 0.15) is 13.3 Å². The first-order chi connectivity index (χ1) is 8.63. The van der Waals surface area contributed by atoms with E-state index in [4.69, 9.17) is 7.98 Å². The molecule has 0 N–H and O–H groups in total. The van der Waals surface area contributed by atoms with Crippen molar-refractivity contribution in [2.24, 2.45) is 5.92 Å². The minimum atomic E-state index is 0.490. The molecule has 2 aromatic rings. The number of rotatable bonds is 2. The van der Waals surface area contributed by atoms with Crippen molar-refractivity contribution in [2.75, 3.05) is 6.54 Å². The highest BCUT2D eigenvalue weighted by Gasteiger charge is 2.25. The van der Waals surface area contributed by atoms with Crippen LogP contribution in [0.2, 0.25) is 0 Å². The fourth-order valence-electron chi connectivity index (χ4n) is 2.80. The van der Waals surface area contributed by atoms with Gasteiger partial charge in [0.2, 0.25) is 0 Å². The summed E-state index contributed by atoms with van der Waals surface area (Å²) in [6.45, 7) is 4.18. The fourth-order valence-corrected chi connectivity index (χ4v) is 3.15. The Balaban J connectivity index is 1.83. The molecule has 0 unspecified atom stereocenters. The van der Waals surface area contributed by atoms with Crippen LogP contribution in [-0.4, -0.2) is 34.9 Å². The number of fused-ring (bicyclic) bond motifs is 1. The zero-order valence-corrected chi connectivity index (χ0v) is 12.0. The molecule has 0 spiro atoms. The van der Waals surface area contributed by atoms with E-state index in [9.17, 15) is 0 Å². The number of pyridine rings is 1. The van der Waals surface area contributed by atoms with E-state index in [2.05, 4.69) is 50.7 Å². The monoisotopic (exact) mass is 303 g/mol. The van der Waals surface area contributed by atoms with Gasteiger partial charge in [0.05, 0.1) is 11.7 Å². The first-order valence-electron chi connectivity index (χ1n) is 6.25. The minimum Gasteiger partial charge on any atom is -0.351 e. The number of halogens is 1. The van der Waals surface area contributed by atoms with E-state index in [0.717, 1.165) is 17.7 Å². The SMILES string of the molecule is [B]N1C[C@H](Cn2ccc3cc(Br)ncc32)C[C@H]1C. The van der Waals surface area contributed by atoms with Gasteiger partial charge in [0, 0.05) is 18.1 Å². The predicted octanol–water partition coefficient (Wildman–Crippen LogP) is 2.59. The average molecular weight is 304 g/mol. The van der Waals surface area contributed by atoms with Gasteiger partial charge in [0.1, 0.15) is 4.60 Å². The lowest BCUT2D eigenvalue weighted by molar-refractivity contribution is 0.436. The molecule has 92 valence electrons. The summed E-state index contributed by atoms with van der Waals surface area (Å²) in [5, 5.41) is 1.23. The van der Waals surface area contributed by atoms with Crippen molar-refractivity contribution < 1.29 is 0 Å². The molecule has 1 aliphatic rings. The Kier molecular flexibility index (Phi) is 3.20. The molecule has 2 atom stereocenters. The van der Waals surface area contributed by atoms with Crippen LogP contribution in [0.4, 0.5) is 0 Å². The fraction of sp³-hybridized carbons (Fsp3) is 0.462. The van der Waals surface area contributed by atoms with E-state index < -0.39 is 0 Å². The van der Waals surface area contributed by atoms with Crippen LogP contribution in [0.15, 0.2) is 29.1 Å². The Morgan fingerprint density at radius 2 is 2.39 bits per heavy atom. The van der Waals surface area contributed by atoms with Gasteiger partial charge >= 0.3 is 0 Å². The summed E-state index contributed by atoms with van der Waals surface area (Å²) in [5.41, 5.74) is 1.20. The van der Waals surface area contributed by atoms with Gasteiger partial charge in [-0.25, -0.2) is 4.98 Å². The molecule has 0 aromatic carbocycles. The second-order valence-corrected chi connectivity index (χ2v) is 5.99. The van der Waals surface area contributed by atoms with E-state index in [1.807, 2.05) is 11.0 Å². The Bertz CT molecular complexity index is 558. The van der Waals surface area contributed by atoms with Crippen molar-refractivity contribution in [3.8, 4) is 0 Å². The molecule has 0 saturated carbocycles. The van der Waals surface area contributed by atoms with Crippen LogP contribution in [0, 0.1) is 5.92 Å². The second-order valence-electron chi connectivity index (χ2n) is 5.18. The number of hydrogen-bond donors (Lipinski definition) is 0. The molecule has 0 bridgehead atoms. The van der Waals surface area contributed by atoms with Crippen molar-refractivity contribution in [3.05, 3.63) is 29.1 Å². The van der Waals surface area contributed by atoms with Crippen molar-refractivity contribution in [3.63, 3.8) is 0 Å². The Labute approximate surface area is 117 Å². The molecule has 1 saturated heterocycles. The molecular formula is C13H15BBrN3. The van der Waals surface area contributed by atoms with Crippen molar-refractivity contribution in [2.45, 2.75) is 25.9 Å². The Morgan fingerprint density at radius 3 is 3.11 bits per heavy atom. The smallest absolute Gasteiger partial charge is 0.182 e. The Morgan fingerprint density at radius 1 is 1.56 bits per heavy atom. The highest BCUT2D eigenvalue weighted by molar-refractivity contribution is 9.10. The Hall–Kier alpha value is -0.805. The molecule has 3 rings (SSSR count). The maximum Gasteiger partial charge on any atom is 0.182 e. The van der Waals surface area contributed by atoms with Crippen LogP contribution in [0.5, 0.6) is 0 Å². The van der Waals surface area contributed by atoms with Crippen molar-refractivity contribution >= 4 is 34.8 Å². The molecule has 5 heteroatoms. The molecule has 2 radical (unpaired) electrons. The summed E-state index contributed by atoms with van der Waals surface area (Å²) in [6, 6.07) is 4.68. The number of aromatic nitrogens is 2. The molecule has 1 fully saturated rings. The first kappa shape index (κ1) is 12.2. The van der Waals surface area contributed by atoms with Crippen LogP contribution in [0.25, 0.3) is 10.9 Å². The molecule has 0 aliphatic carbocycles. The van der Waals surface area contributed by atoms with Gasteiger partial charge in [0.15, 0.2) is 7.98 Å². The molecule has 18 heavy (non-hydrogen) atoms. The molecule has 1 aliphatic heterocycles. The molecule has 3 nitrogen and oxygen atoms in total. The third-order valence-electron chi connectivity index (χ3n) is 3.79. The van der Waals surface area contributed by atoms with Gasteiger partial charge in [-0.1, -0.05) is 6.92 Å². The van der Waals surface area contributed by atoms with Gasteiger partial charge in [-0.15, -0.1) is 0 Å². The zero-order chi connectivity index (χ0) is 12.7. The third-order valence-corrected chi connectivity index (χ3v) is 4.22. The summed E-state index contributed by atoms with van der Waals surface area (Å²) in [4.78, 5) is 6.25. The normalized spacial score (nSPS) is 25.0. The summed E-state index contributed by atoms with van der Waals surface area (Å²) in [7, 11) is 5.94.